The first-order valence-corrected chi connectivity index (χ1v) is 7.27. The zero-order valence-corrected chi connectivity index (χ0v) is 13.3. The van der Waals surface area contributed by atoms with Crippen molar-refractivity contribution in [3.05, 3.63) is 48.7 Å². The molecule has 0 aliphatic carbocycles. The molecule has 0 saturated heterocycles. The second kappa shape index (κ2) is 6.45. The van der Waals surface area contributed by atoms with E-state index in [2.05, 4.69) is 20.4 Å². The number of anilines is 1. The van der Waals surface area contributed by atoms with Gasteiger partial charge in [0.1, 0.15) is 18.6 Å². The minimum absolute atomic E-state index is 0.0416. The summed E-state index contributed by atoms with van der Waals surface area (Å²) >= 11 is 0. The fourth-order valence-electron chi connectivity index (χ4n) is 2.14. The van der Waals surface area contributed by atoms with E-state index < -0.39 is 0 Å². The smallest absolute Gasteiger partial charge is 0.274 e. The van der Waals surface area contributed by atoms with Gasteiger partial charge in [-0.3, -0.25) is 14.3 Å². The zero-order valence-electron chi connectivity index (χ0n) is 13.3. The molecule has 122 valence electrons. The van der Waals surface area contributed by atoms with Gasteiger partial charge in [0.05, 0.1) is 5.52 Å². The van der Waals surface area contributed by atoms with E-state index in [1.807, 2.05) is 0 Å². The van der Waals surface area contributed by atoms with E-state index in [1.165, 1.54) is 17.4 Å². The highest BCUT2D eigenvalue weighted by Crippen LogP contribution is 2.18. The standard InChI is InChI=1S/C16H16N6O2/c1-21(2)15(23)9-22-8-11-7-12(3-4-13(11)20-22)19-16(24)14-5-6-17-10-18-14/h3-8,10H,9H2,1-2H3,(H,19,24). The molecule has 0 fully saturated rings. The van der Waals surface area contributed by atoms with Crippen LogP contribution in [0.5, 0.6) is 0 Å². The van der Waals surface area contributed by atoms with Gasteiger partial charge in [-0.05, 0) is 24.3 Å². The summed E-state index contributed by atoms with van der Waals surface area (Å²) in [5, 5.41) is 7.96. The molecular formula is C16H16N6O2. The minimum Gasteiger partial charge on any atom is -0.347 e. The first kappa shape index (κ1) is 15.6. The van der Waals surface area contributed by atoms with Crippen molar-refractivity contribution in [3.63, 3.8) is 0 Å². The number of benzene rings is 1. The summed E-state index contributed by atoms with van der Waals surface area (Å²) in [6.45, 7) is 0.171. The monoisotopic (exact) mass is 324 g/mol. The third kappa shape index (κ3) is 3.37. The van der Waals surface area contributed by atoms with Crippen molar-refractivity contribution in [2.24, 2.45) is 0 Å². The molecule has 0 bridgehead atoms. The van der Waals surface area contributed by atoms with Crippen LogP contribution < -0.4 is 5.32 Å². The van der Waals surface area contributed by atoms with E-state index in [-0.39, 0.29) is 24.1 Å². The lowest BCUT2D eigenvalue weighted by atomic mass is 10.2. The van der Waals surface area contributed by atoms with Gasteiger partial charge in [0.25, 0.3) is 5.91 Å². The first-order valence-electron chi connectivity index (χ1n) is 7.27. The summed E-state index contributed by atoms with van der Waals surface area (Å²) < 4.78 is 1.59. The number of hydrogen-bond acceptors (Lipinski definition) is 5. The topological polar surface area (TPSA) is 93.0 Å². The number of fused-ring (bicyclic) bond motifs is 1. The van der Waals surface area contributed by atoms with E-state index >= 15 is 0 Å². The second-order valence-electron chi connectivity index (χ2n) is 5.44. The number of rotatable bonds is 4. The Morgan fingerprint density at radius 3 is 2.79 bits per heavy atom. The number of carbonyl (C=O) groups is 2. The van der Waals surface area contributed by atoms with Gasteiger partial charge in [-0.25, -0.2) is 9.97 Å². The Bertz CT molecular complexity index is 888. The molecule has 0 spiro atoms. The van der Waals surface area contributed by atoms with Gasteiger partial charge in [0, 0.05) is 37.6 Å². The summed E-state index contributed by atoms with van der Waals surface area (Å²) in [5.74, 6) is -0.355. The van der Waals surface area contributed by atoms with Crippen LogP contribution in [0.3, 0.4) is 0 Å². The quantitative estimate of drug-likeness (QED) is 0.777. The number of amides is 2. The average molecular weight is 324 g/mol. The van der Waals surface area contributed by atoms with Crippen LogP contribution in [0.1, 0.15) is 10.5 Å². The summed E-state index contributed by atoms with van der Waals surface area (Å²) in [6.07, 6.45) is 4.61. The van der Waals surface area contributed by atoms with Crippen molar-refractivity contribution in [1.29, 1.82) is 0 Å². The van der Waals surface area contributed by atoms with E-state index in [0.717, 1.165) is 10.9 Å². The Morgan fingerprint density at radius 2 is 2.08 bits per heavy atom. The van der Waals surface area contributed by atoms with Crippen LogP contribution in [0.25, 0.3) is 10.9 Å². The Kier molecular flexibility index (Phi) is 4.19. The summed E-state index contributed by atoms with van der Waals surface area (Å²) in [7, 11) is 3.40. The lowest BCUT2D eigenvalue weighted by Crippen LogP contribution is -2.26. The summed E-state index contributed by atoms with van der Waals surface area (Å²) in [6, 6.07) is 6.89. The van der Waals surface area contributed by atoms with Gasteiger partial charge in [-0.15, -0.1) is 0 Å². The maximum atomic E-state index is 12.1. The Labute approximate surface area is 138 Å². The van der Waals surface area contributed by atoms with Crippen molar-refractivity contribution < 1.29 is 9.59 Å². The van der Waals surface area contributed by atoms with Crippen LogP contribution in [-0.4, -0.2) is 50.6 Å². The number of hydrogen-bond donors (Lipinski definition) is 1. The molecule has 2 aromatic heterocycles. The minimum atomic E-state index is -0.313. The summed E-state index contributed by atoms with van der Waals surface area (Å²) in [4.78, 5) is 33.1. The Balaban J connectivity index is 1.78. The molecule has 1 aromatic carbocycles. The van der Waals surface area contributed by atoms with Gasteiger partial charge in [0.15, 0.2) is 0 Å². The van der Waals surface area contributed by atoms with Gasteiger partial charge in [0.2, 0.25) is 5.91 Å². The van der Waals surface area contributed by atoms with E-state index in [0.29, 0.717) is 5.69 Å². The molecule has 0 aliphatic heterocycles. The van der Waals surface area contributed by atoms with Gasteiger partial charge < -0.3 is 10.2 Å². The molecule has 0 atom stereocenters. The zero-order chi connectivity index (χ0) is 17.1. The number of nitrogens with one attached hydrogen (secondary N) is 1. The van der Waals surface area contributed by atoms with Crippen molar-refractivity contribution in [3.8, 4) is 0 Å². The molecule has 0 saturated carbocycles. The average Bonchev–Trinajstić information content (AvgIpc) is 2.97. The molecule has 0 radical (unpaired) electrons. The van der Waals surface area contributed by atoms with Crippen molar-refractivity contribution >= 4 is 28.4 Å². The predicted molar refractivity (Wildman–Crippen MR) is 88.4 cm³/mol. The van der Waals surface area contributed by atoms with Crippen molar-refractivity contribution in [2.75, 3.05) is 19.4 Å². The molecule has 0 aliphatic rings. The molecule has 2 amide bonds. The second-order valence-corrected chi connectivity index (χ2v) is 5.44. The maximum Gasteiger partial charge on any atom is 0.274 e. The number of likely N-dealkylation sites (N-methyl/N-ethyl adjacent to an activating group) is 1. The SMILES string of the molecule is CN(C)C(=O)Cn1cc2cc(NC(=O)c3ccncn3)ccc2n1. The van der Waals surface area contributed by atoms with E-state index in [9.17, 15) is 9.59 Å². The fraction of sp³-hybridized carbons (Fsp3) is 0.188. The van der Waals surface area contributed by atoms with Crippen LogP contribution in [-0.2, 0) is 11.3 Å². The van der Waals surface area contributed by atoms with Crippen molar-refractivity contribution in [2.45, 2.75) is 6.54 Å². The third-order valence-corrected chi connectivity index (χ3v) is 3.42. The molecular weight excluding hydrogens is 308 g/mol. The molecule has 3 rings (SSSR count). The van der Waals surface area contributed by atoms with Crippen LogP contribution in [0.4, 0.5) is 5.69 Å². The Morgan fingerprint density at radius 1 is 1.25 bits per heavy atom. The normalized spacial score (nSPS) is 10.6. The maximum absolute atomic E-state index is 12.1. The molecule has 2 heterocycles. The highest BCUT2D eigenvalue weighted by Gasteiger charge is 2.10. The fourth-order valence-corrected chi connectivity index (χ4v) is 2.14. The third-order valence-electron chi connectivity index (χ3n) is 3.42. The lowest BCUT2D eigenvalue weighted by molar-refractivity contribution is -0.129. The van der Waals surface area contributed by atoms with Crippen LogP contribution in [0.2, 0.25) is 0 Å². The highest BCUT2D eigenvalue weighted by atomic mass is 16.2. The molecule has 3 aromatic rings. The number of nitrogens with zero attached hydrogens (tertiary/aromatic N) is 5. The van der Waals surface area contributed by atoms with E-state index in [4.69, 9.17) is 0 Å². The van der Waals surface area contributed by atoms with Crippen molar-refractivity contribution in [1.82, 2.24) is 24.6 Å². The highest BCUT2D eigenvalue weighted by molar-refractivity contribution is 6.03. The van der Waals surface area contributed by atoms with Crippen LogP contribution in [0, 0.1) is 0 Å². The largest absolute Gasteiger partial charge is 0.347 e. The van der Waals surface area contributed by atoms with Gasteiger partial charge >= 0.3 is 0 Å². The number of carbonyl (C=O) groups excluding carboxylic acids is 2. The molecule has 1 N–H and O–H groups in total. The van der Waals surface area contributed by atoms with Gasteiger partial charge in [-0.1, -0.05) is 0 Å². The summed E-state index contributed by atoms with van der Waals surface area (Å²) in [5.41, 5.74) is 1.67. The molecule has 8 nitrogen and oxygen atoms in total. The number of aromatic nitrogens is 4. The Hall–Kier alpha value is -3.29. The van der Waals surface area contributed by atoms with Gasteiger partial charge in [-0.2, -0.15) is 5.10 Å². The first-order chi connectivity index (χ1) is 11.5. The van der Waals surface area contributed by atoms with E-state index in [1.54, 1.807) is 49.2 Å². The lowest BCUT2D eigenvalue weighted by Gasteiger charge is -2.09. The van der Waals surface area contributed by atoms with Crippen LogP contribution >= 0.6 is 0 Å². The van der Waals surface area contributed by atoms with Crippen LogP contribution in [0.15, 0.2) is 43.0 Å². The predicted octanol–water partition coefficient (Wildman–Crippen LogP) is 1.17. The molecule has 8 heteroatoms. The molecule has 0 unspecified atom stereocenters. The molecule has 24 heavy (non-hydrogen) atoms.